The number of nitrogens with zero attached hydrogens (tertiary/aromatic N) is 1. The van der Waals surface area contributed by atoms with Crippen molar-refractivity contribution in [1.29, 1.82) is 0 Å². The van der Waals surface area contributed by atoms with Crippen molar-refractivity contribution in [2.75, 3.05) is 18.9 Å². The Morgan fingerprint density at radius 2 is 2.27 bits per heavy atom. The lowest BCUT2D eigenvalue weighted by Crippen LogP contribution is -2.28. The summed E-state index contributed by atoms with van der Waals surface area (Å²) in [7, 11) is 1.83. The van der Waals surface area contributed by atoms with Crippen LogP contribution in [-0.2, 0) is 4.79 Å². The first-order valence-corrected chi connectivity index (χ1v) is 5.01. The van der Waals surface area contributed by atoms with Gasteiger partial charge in [-0.2, -0.15) is 0 Å². The zero-order valence-corrected chi connectivity index (χ0v) is 9.37. The molecule has 1 unspecified atom stereocenters. The van der Waals surface area contributed by atoms with Gasteiger partial charge in [-0.15, -0.1) is 0 Å². The summed E-state index contributed by atoms with van der Waals surface area (Å²) >= 11 is 0. The lowest BCUT2D eigenvalue weighted by Gasteiger charge is -2.11. The van der Waals surface area contributed by atoms with Crippen LogP contribution in [0.1, 0.15) is 12.6 Å². The molecule has 82 valence electrons. The average Bonchev–Trinajstić information content (AvgIpc) is 2.22. The van der Waals surface area contributed by atoms with Gasteiger partial charge in [-0.05, 0) is 26.1 Å². The molecule has 0 saturated heterocycles. The van der Waals surface area contributed by atoms with Gasteiger partial charge in [0.15, 0.2) is 0 Å². The highest BCUT2D eigenvalue weighted by Crippen LogP contribution is 2.07. The van der Waals surface area contributed by atoms with Gasteiger partial charge in [0.2, 0.25) is 5.91 Å². The van der Waals surface area contributed by atoms with E-state index in [1.54, 1.807) is 6.20 Å². The second-order valence-electron chi connectivity index (χ2n) is 3.64. The zero-order valence-electron chi connectivity index (χ0n) is 9.37. The number of aromatic nitrogens is 1. The molecule has 0 spiro atoms. The number of pyridine rings is 1. The summed E-state index contributed by atoms with van der Waals surface area (Å²) in [5.74, 6) is -0.0358. The highest BCUT2D eigenvalue weighted by atomic mass is 16.1. The number of carbonyl (C=O) groups is 1. The third kappa shape index (κ3) is 3.67. The molecule has 4 heteroatoms. The fourth-order valence-electron chi connectivity index (χ4n) is 1.21. The molecule has 0 saturated carbocycles. The SMILES string of the molecule is CNCC(C)C(=O)Nc1ccc(C)nc1. The van der Waals surface area contributed by atoms with Crippen LogP contribution in [0.15, 0.2) is 18.3 Å². The van der Waals surface area contributed by atoms with E-state index < -0.39 is 0 Å². The molecule has 0 aliphatic heterocycles. The van der Waals surface area contributed by atoms with E-state index >= 15 is 0 Å². The van der Waals surface area contributed by atoms with Crippen LogP contribution >= 0.6 is 0 Å². The molecule has 1 aromatic rings. The molecule has 0 fully saturated rings. The normalized spacial score (nSPS) is 12.2. The largest absolute Gasteiger partial charge is 0.324 e. The quantitative estimate of drug-likeness (QED) is 0.779. The molecule has 4 nitrogen and oxygen atoms in total. The number of hydrogen-bond donors (Lipinski definition) is 2. The van der Waals surface area contributed by atoms with Gasteiger partial charge in [-0.1, -0.05) is 6.92 Å². The fourth-order valence-corrected chi connectivity index (χ4v) is 1.21. The van der Waals surface area contributed by atoms with Crippen LogP contribution < -0.4 is 10.6 Å². The maximum absolute atomic E-state index is 11.6. The monoisotopic (exact) mass is 207 g/mol. The van der Waals surface area contributed by atoms with Crippen LogP contribution in [-0.4, -0.2) is 24.5 Å². The van der Waals surface area contributed by atoms with E-state index in [9.17, 15) is 4.79 Å². The molecule has 0 aromatic carbocycles. The first kappa shape index (κ1) is 11.7. The van der Waals surface area contributed by atoms with E-state index in [2.05, 4.69) is 15.6 Å². The topological polar surface area (TPSA) is 54.0 Å². The second kappa shape index (κ2) is 5.46. The third-order valence-corrected chi connectivity index (χ3v) is 2.14. The van der Waals surface area contributed by atoms with Crippen LogP contribution in [0.25, 0.3) is 0 Å². The number of hydrogen-bond acceptors (Lipinski definition) is 3. The van der Waals surface area contributed by atoms with Gasteiger partial charge in [0.25, 0.3) is 0 Å². The Labute approximate surface area is 90.1 Å². The smallest absolute Gasteiger partial charge is 0.228 e. The van der Waals surface area contributed by atoms with Crippen molar-refractivity contribution in [3.8, 4) is 0 Å². The standard InChI is InChI=1S/C11H17N3O/c1-8(6-12-3)11(15)14-10-5-4-9(2)13-7-10/h4-5,7-8,12H,6H2,1-3H3,(H,14,15). The Hall–Kier alpha value is -1.42. The second-order valence-corrected chi connectivity index (χ2v) is 3.64. The van der Waals surface area contributed by atoms with E-state index in [1.807, 2.05) is 33.0 Å². The van der Waals surface area contributed by atoms with Crippen molar-refractivity contribution < 1.29 is 4.79 Å². The molecule has 0 aliphatic rings. The van der Waals surface area contributed by atoms with Gasteiger partial charge in [0.1, 0.15) is 0 Å². The Balaban J connectivity index is 2.54. The van der Waals surface area contributed by atoms with Crippen LogP contribution in [0.4, 0.5) is 5.69 Å². The van der Waals surface area contributed by atoms with Crippen LogP contribution in [0.2, 0.25) is 0 Å². The van der Waals surface area contributed by atoms with Crippen molar-refractivity contribution in [1.82, 2.24) is 10.3 Å². The molecule has 15 heavy (non-hydrogen) atoms. The lowest BCUT2D eigenvalue weighted by atomic mass is 10.1. The fraction of sp³-hybridized carbons (Fsp3) is 0.455. The van der Waals surface area contributed by atoms with Crippen molar-refractivity contribution in [3.63, 3.8) is 0 Å². The Bertz CT molecular complexity index is 321. The van der Waals surface area contributed by atoms with Crippen LogP contribution in [0.3, 0.4) is 0 Å². The summed E-state index contributed by atoms with van der Waals surface area (Å²) in [6, 6.07) is 3.73. The predicted molar refractivity (Wildman–Crippen MR) is 60.7 cm³/mol. The maximum atomic E-state index is 11.6. The highest BCUT2D eigenvalue weighted by Gasteiger charge is 2.11. The lowest BCUT2D eigenvalue weighted by molar-refractivity contribution is -0.119. The molecule has 2 N–H and O–H groups in total. The van der Waals surface area contributed by atoms with Crippen molar-refractivity contribution in [2.24, 2.45) is 5.92 Å². The van der Waals surface area contributed by atoms with E-state index in [0.717, 1.165) is 11.4 Å². The van der Waals surface area contributed by atoms with E-state index in [1.165, 1.54) is 0 Å². The number of aryl methyl sites for hydroxylation is 1. The minimum atomic E-state index is -0.0451. The molecule has 1 atom stereocenters. The van der Waals surface area contributed by atoms with Crippen molar-refractivity contribution in [3.05, 3.63) is 24.0 Å². The number of amides is 1. The summed E-state index contributed by atoms with van der Waals surface area (Å²) in [5, 5.41) is 5.78. The summed E-state index contributed by atoms with van der Waals surface area (Å²) < 4.78 is 0. The first-order valence-electron chi connectivity index (χ1n) is 5.01. The molecular formula is C11H17N3O. The maximum Gasteiger partial charge on any atom is 0.228 e. The molecule has 0 bridgehead atoms. The molecule has 1 heterocycles. The van der Waals surface area contributed by atoms with Gasteiger partial charge in [-0.3, -0.25) is 9.78 Å². The van der Waals surface area contributed by atoms with E-state index in [4.69, 9.17) is 0 Å². The summed E-state index contributed by atoms with van der Waals surface area (Å²) in [6.07, 6.45) is 1.67. The van der Waals surface area contributed by atoms with Gasteiger partial charge in [-0.25, -0.2) is 0 Å². The van der Waals surface area contributed by atoms with Crippen LogP contribution in [0.5, 0.6) is 0 Å². The summed E-state index contributed by atoms with van der Waals surface area (Å²) in [6.45, 7) is 4.47. The molecular weight excluding hydrogens is 190 g/mol. The van der Waals surface area contributed by atoms with Crippen molar-refractivity contribution in [2.45, 2.75) is 13.8 Å². The number of rotatable bonds is 4. The molecule has 1 amide bonds. The summed E-state index contributed by atoms with van der Waals surface area (Å²) in [5.41, 5.74) is 1.69. The van der Waals surface area contributed by atoms with E-state index in [-0.39, 0.29) is 11.8 Å². The Morgan fingerprint density at radius 3 is 2.80 bits per heavy atom. The molecule has 1 aromatic heterocycles. The number of anilines is 1. The Morgan fingerprint density at radius 1 is 1.53 bits per heavy atom. The predicted octanol–water partition coefficient (Wildman–Crippen LogP) is 1.18. The third-order valence-electron chi connectivity index (χ3n) is 2.14. The highest BCUT2D eigenvalue weighted by molar-refractivity contribution is 5.92. The van der Waals surface area contributed by atoms with Crippen molar-refractivity contribution >= 4 is 11.6 Å². The van der Waals surface area contributed by atoms with Gasteiger partial charge in [0.05, 0.1) is 11.9 Å². The summed E-state index contributed by atoms with van der Waals surface area (Å²) in [4.78, 5) is 15.7. The molecule has 0 aliphatic carbocycles. The van der Waals surface area contributed by atoms with Gasteiger partial charge >= 0.3 is 0 Å². The van der Waals surface area contributed by atoms with Gasteiger partial charge in [0, 0.05) is 18.2 Å². The first-order chi connectivity index (χ1) is 7.13. The average molecular weight is 207 g/mol. The molecule has 0 radical (unpaired) electrons. The number of carbonyl (C=O) groups excluding carboxylic acids is 1. The minimum absolute atomic E-state index is 0.00926. The Kier molecular flexibility index (Phi) is 4.24. The van der Waals surface area contributed by atoms with E-state index in [0.29, 0.717) is 6.54 Å². The van der Waals surface area contributed by atoms with Crippen LogP contribution in [0, 0.1) is 12.8 Å². The minimum Gasteiger partial charge on any atom is -0.324 e. The molecule has 1 rings (SSSR count). The van der Waals surface area contributed by atoms with Gasteiger partial charge < -0.3 is 10.6 Å². The zero-order chi connectivity index (χ0) is 11.3. The number of nitrogens with one attached hydrogen (secondary N) is 2.